The Morgan fingerprint density at radius 2 is 1.33 bits per heavy atom. The number of halogens is 2. The van der Waals surface area contributed by atoms with Gasteiger partial charge in [0.1, 0.15) is 12.4 Å². The molecule has 3 aromatic carbocycles. The molecule has 0 aliphatic rings. The number of aliphatic hydroxyl groups is 3. The lowest BCUT2D eigenvalue weighted by Gasteiger charge is -2.28. The quantitative estimate of drug-likeness (QED) is 0.344. The molecule has 0 unspecified atom stereocenters. The van der Waals surface area contributed by atoms with Crippen molar-refractivity contribution in [1.29, 1.82) is 0 Å². The van der Waals surface area contributed by atoms with Gasteiger partial charge in [-0.05, 0) is 59.5 Å². The van der Waals surface area contributed by atoms with Gasteiger partial charge >= 0.3 is 0 Å². The van der Waals surface area contributed by atoms with Gasteiger partial charge in [0.25, 0.3) is 0 Å². The van der Waals surface area contributed by atoms with Crippen LogP contribution in [0.15, 0.2) is 72.8 Å². The highest BCUT2D eigenvalue weighted by Crippen LogP contribution is 2.23. The summed E-state index contributed by atoms with van der Waals surface area (Å²) in [7, 11) is 0. The maximum atomic E-state index is 10.8. The van der Waals surface area contributed by atoms with E-state index >= 15 is 0 Å². The van der Waals surface area contributed by atoms with Gasteiger partial charge in [-0.15, -0.1) is 0 Å². The molecule has 0 aliphatic carbocycles. The Bertz CT molecular complexity index is 946. The Hall–Kier alpha value is -2.12. The van der Waals surface area contributed by atoms with E-state index in [4.69, 9.17) is 33.0 Å². The second-order valence-corrected chi connectivity index (χ2v) is 8.74. The molecule has 0 fully saturated rings. The maximum Gasteiger partial charge on any atom is 0.119 e. The lowest BCUT2D eigenvalue weighted by molar-refractivity contribution is 0.0694. The molecular formula is C26H29Cl2NO4. The third-order valence-corrected chi connectivity index (χ3v) is 5.80. The van der Waals surface area contributed by atoms with E-state index in [0.717, 1.165) is 23.1 Å². The molecule has 0 aliphatic heterocycles. The lowest BCUT2D eigenvalue weighted by atomic mass is 10.1. The van der Waals surface area contributed by atoms with Crippen LogP contribution in [0.5, 0.6) is 5.75 Å². The zero-order valence-corrected chi connectivity index (χ0v) is 19.8. The van der Waals surface area contributed by atoms with Crippen LogP contribution in [0, 0.1) is 0 Å². The van der Waals surface area contributed by atoms with Crippen LogP contribution < -0.4 is 4.74 Å². The molecule has 3 N–H and O–H groups in total. The van der Waals surface area contributed by atoms with Crippen molar-refractivity contribution in [2.75, 3.05) is 32.8 Å². The number of nitrogens with zero attached hydrogens (tertiary/aromatic N) is 1. The van der Waals surface area contributed by atoms with Crippen molar-refractivity contribution in [3.05, 3.63) is 99.5 Å². The average Bonchev–Trinajstić information content (AvgIpc) is 2.81. The predicted molar refractivity (Wildman–Crippen MR) is 132 cm³/mol. The fourth-order valence-corrected chi connectivity index (χ4v) is 3.99. The molecule has 3 rings (SSSR count). The zero-order valence-electron chi connectivity index (χ0n) is 18.3. The molecule has 0 bridgehead atoms. The number of rotatable bonds is 12. The normalized spacial score (nSPS) is 13.2. The van der Waals surface area contributed by atoms with E-state index in [0.29, 0.717) is 35.4 Å². The fraction of sp³-hybridized carbons (Fsp3) is 0.308. The highest BCUT2D eigenvalue weighted by Gasteiger charge is 2.18. The molecule has 33 heavy (non-hydrogen) atoms. The van der Waals surface area contributed by atoms with E-state index in [1.807, 2.05) is 53.4 Å². The van der Waals surface area contributed by atoms with Gasteiger partial charge in [-0.1, -0.05) is 59.6 Å². The van der Waals surface area contributed by atoms with Gasteiger partial charge in [-0.25, -0.2) is 0 Å². The van der Waals surface area contributed by atoms with Crippen LogP contribution in [0.2, 0.25) is 10.0 Å². The topological polar surface area (TPSA) is 73.2 Å². The second kappa shape index (κ2) is 12.9. The molecule has 176 valence electrons. The maximum absolute atomic E-state index is 10.8. The third kappa shape index (κ3) is 8.31. The first-order valence-corrected chi connectivity index (χ1v) is 11.6. The van der Waals surface area contributed by atoms with Crippen LogP contribution in [0.25, 0.3) is 0 Å². The fourth-order valence-electron chi connectivity index (χ4n) is 3.59. The van der Waals surface area contributed by atoms with Crippen molar-refractivity contribution in [1.82, 2.24) is 4.90 Å². The van der Waals surface area contributed by atoms with Crippen molar-refractivity contribution in [2.24, 2.45) is 0 Å². The minimum atomic E-state index is -0.746. The molecule has 0 heterocycles. The molecular weight excluding hydrogens is 461 g/mol. The van der Waals surface area contributed by atoms with Gasteiger partial charge in [-0.2, -0.15) is 0 Å². The van der Waals surface area contributed by atoms with Crippen molar-refractivity contribution < 1.29 is 20.1 Å². The first kappa shape index (κ1) is 25.5. The summed E-state index contributed by atoms with van der Waals surface area (Å²) < 4.78 is 5.41. The van der Waals surface area contributed by atoms with E-state index in [-0.39, 0.29) is 13.2 Å². The zero-order chi connectivity index (χ0) is 23.6. The Balaban J connectivity index is 1.68. The van der Waals surface area contributed by atoms with Gasteiger partial charge in [0.05, 0.1) is 18.8 Å². The van der Waals surface area contributed by atoms with Crippen LogP contribution in [-0.4, -0.2) is 53.1 Å². The number of benzene rings is 3. The minimum absolute atomic E-state index is 0.0272. The Morgan fingerprint density at radius 3 is 1.82 bits per heavy atom. The molecule has 3 aromatic rings. The van der Waals surface area contributed by atoms with Gasteiger partial charge < -0.3 is 20.1 Å². The largest absolute Gasteiger partial charge is 0.491 e. The highest BCUT2D eigenvalue weighted by molar-refractivity contribution is 6.30. The van der Waals surface area contributed by atoms with Crippen LogP contribution >= 0.6 is 23.2 Å². The van der Waals surface area contributed by atoms with Crippen molar-refractivity contribution in [3.8, 4) is 5.75 Å². The number of ether oxygens (including phenoxy) is 1. The van der Waals surface area contributed by atoms with Crippen LogP contribution in [0.1, 0.15) is 28.9 Å². The van der Waals surface area contributed by atoms with E-state index in [1.54, 1.807) is 24.3 Å². The monoisotopic (exact) mass is 489 g/mol. The highest BCUT2D eigenvalue weighted by atomic mass is 35.5. The van der Waals surface area contributed by atoms with E-state index in [1.165, 1.54) is 0 Å². The Morgan fingerprint density at radius 1 is 0.788 bits per heavy atom. The Labute approximate surface area is 204 Å². The molecule has 7 heteroatoms. The number of hydrogen-bond acceptors (Lipinski definition) is 5. The van der Waals surface area contributed by atoms with Crippen LogP contribution in [0.4, 0.5) is 0 Å². The summed E-state index contributed by atoms with van der Waals surface area (Å²) in [4.78, 5) is 2.04. The average molecular weight is 490 g/mol. The number of hydrogen-bond donors (Lipinski definition) is 3. The smallest absolute Gasteiger partial charge is 0.119 e. The van der Waals surface area contributed by atoms with Gasteiger partial charge in [0, 0.05) is 29.7 Å². The summed E-state index contributed by atoms with van der Waals surface area (Å²) in [5.41, 5.74) is 2.57. The summed E-state index contributed by atoms with van der Waals surface area (Å²) in [5.74, 6) is 0.706. The van der Waals surface area contributed by atoms with E-state index in [9.17, 15) is 10.2 Å². The molecule has 0 spiro atoms. The van der Waals surface area contributed by atoms with Gasteiger partial charge in [0.2, 0.25) is 0 Å². The summed E-state index contributed by atoms with van der Waals surface area (Å²) in [6.07, 6.45) is -0.765. The van der Waals surface area contributed by atoms with Crippen LogP contribution in [-0.2, 0) is 6.42 Å². The molecule has 0 saturated heterocycles. The first-order valence-electron chi connectivity index (χ1n) is 10.9. The summed E-state index contributed by atoms with van der Waals surface area (Å²) in [6.45, 7) is 1.55. The first-order chi connectivity index (χ1) is 15.9. The standard InChI is InChI=1S/C26H29Cl2NO4/c27-22-5-1-3-20(15-22)25(31)17-29(18-26(32)21-4-2-6-23(28)16-21)12-11-19-7-9-24(10-8-19)33-14-13-30/h1-10,15-16,25-26,30-32H,11-14,17-18H2/t25-,26-/m1/s1. The molecule has 5 nitrogen and oxygen atoms in total. The lowest BCUT2D eigenvalue weighted by Crippen LogP contribution is -2.34. The van der Waals surface area contributed by atoms with Crippen molar-refractivity contribution >= 4 is 23.2 Å². The third-order valence-electron chi connectivity index (χ3n) is 5.33. The second-order valence-electron chi connectivity index (χ2n) is 7.87. The summed E-state index contributed by atoms with van der Waals surface area (Å²) in [6, 6.07) is 22.1. The van der Waals surface area contributed by atoms with Gasteiger partial charge in [0.15, 0.2) is 0 Å². The van der Waals surface area contributed by atoms with E-state index in [2.05, 4.69) is 0 Å². The van der Waals surface area contributed by atoms with Crippen molar-refractivity contribution in [3.63, 3.8) is 0 Å². The minimum Gasteiger partial charge on any atom is -0.491 e. The molecule has 0 saturated carbocycles. The van der Waals surface area contributed by atoms with Crippen molar-refractivity contribution in [2.45, 2.75) is 18.6 Å². The molecule has 0 aromatic heterocycles. The molecule has 2 atom stereocenters. The van der Waals surface area contributed by atoms with E-state index < -0.39 is 12.2 Å². The number of aliphatic hydroxyl groups excluding tert-OH is 3. The summed E-state index contributed by atoms with van der Waals surface area (Å²) in [5, 5.41) is 31.7. The summed E-state index contributed by atoms with van der Waals surface area (Å²) >= 11 is 12.2. The molecule has 0 amide bonds. The van der Waals surface area contributed by atoms with Crippen LogP contribution in [0.3, 0.4) is 0 Å². The van der Waals surface area contributed by atoms with Gasteiger partial charge in [-0.3, -0.25) is 4.90 Å². The SMILES string of the molecule is OCCOc1ccc(CCN(C[C@@H](O)c2cccc(Cl)c2)C[C@@H](O)c2cccc(Cl)c2)cc1. The predicted octanol–water partition coefficient (Wildman–Crippen LogP) is 4.68. The molecule has 0 radical (unpaired) electrons. The Kier molecular flexibility index (Phi) is 10.0.